The molecule has 7 nitrogen and oxygen atoms in total. The molecule has 1 unspecified atom stereocenters. The van der Waals surface area contributed by atoms with Crippen LogP contribution in [0.1, 0.15) is 31.7 Å². The van der Waals surface area contributed by atoms with E-state index < -0.39 is 0 Å². The average molecular weight is 361 g/mol. The van der Waals surface area contributed by atoms with E-state index >= 15 is 0 Å². The molecule has 0 radical (unpaired) electrons. The van der Waals surface area contributed by atoms with Gasteiger partial charge in [-0.25, -0.2) is 0 Å². The summed E-state index contributed by atoms with van der Waals surface area (Å²) in [5, 5.41) is 6.87. The molecule has 134 valence electrons. The third-order valence-corrected chi connectivity index (χ3v) is 5.05. The number of amides is 1. The first-order valence-corrected chi connectivity index (χ1v) is 9.71. The maximum atomic E-state index is 12.1. The summed E-state index contributed by atoms with van der Waals surface area (Å²) in [5.41, 5.74) is 0.834. The molecule has 2 aromatic heterocycles. The SMILES string of the molecule is CC(NC(=O)CSCCN1CCCC1)c1nc(-c2ccncc2)no1. The van der Waals surface area contributed by atoms with Crippen LogP contribution < -0.4 is 5.32 Å². The van der Waals surface area contributed by atoms with Gasteiger partial charge in [-0.2, -0.15) is 16.7 Å². The average Bonchev–Trinajstić information content (AvgIpc) is 3.31. The molecule has 0 bridgehead atoms. The van der Waals surface area contributed by atoms with Crippen molar-refractivity contribution in [2.24, 2.45) is 0 Å². The summed E-state index contributed by atoms with van der Waals surface area (Å²) in [7, 11) is 0. The fourth-order valence-electron chi connectivity index (χ4n) is 2.74. The van der Waals surface area contributed by atoms with Crippen LogP contribution in [0.2, 0.25) is 0 Å². The van der Waals surface area contributed by atoms with E-state index in [2.05, 4.69) is 25.3 Å². The van der Waals surface area contributed by atoms with Crippen LogP contribution in [0, 0.1) is 0 Å². The first-order chi connectivity index (χ1) is 12.2. The molecule has 1 fully saturated rings. The minimum Gasteiger partial charge on any atom is -0.344 e. The smallest absolute Gasteiger partial charge is 0.249 e. The van der Waals surface area contributed by atoms with Crippen molar-refractivity contribution in [1.29, 1.82) is 0 Å². The van der Waals surface area contributed by atoms with E-state index in [9.17, 15) is 4.79 Å². The molecule has 2 aromatic rings. The maximum Gasteiger partial charge on any atom is 0.249 e. The topological polar surface area (TPSA) is 84.2 Å². The molecule has 8 heteroatoms. The van der Waals surface area contributed by atoms with Crippen molar-refractivity contribution in [3.05, 3.63) is 30.4 Å². The van der Waals surface area contributed by atoms with Crippen LogP contribution in [0.4, 0.5) is 0 Å². The lowest BCUT2D eigenvalue weighted by Crippen LogP contribution is -2.29. The van der Waals surface area contributed by atoms with Crippen LogP contribution in [0.15, 0.2) is 29.0 Å². The molecule has 3 heterocycles. The van der Waals surface area contributed by atoms with E-state index in [0.29, 0.717) is 17.5 Å². The molecule has 1 aliphatic heterocycles. The van der Waals surface area contributed by atoms with Gasteiger partial charge in [-0.1, -0.05) is 5.16 Å². The third kappa shape index (κ3) is 5.27. The molecule has 3 rings (SSSR count). The number of hydrogen-bond acceptors (Lipinski definition) is 7. The second kappa shape index (κ2) is 8.96. The molecule has 0 saturated carbocycles. The summed E-state index contributed by atoms with van der Waals surface area (Å²) in [5.74, 6) is 2.32. The Morgan fingerprint density at radius 3 is 2.88 bits per heavy atom. The van der Waals surface area contributed by atoms with Crippen LogP contribution >= 0.6 is 11.8 Å². The quantitative estimate of drug-likeness (QED) is 0.721. The Labute approximate surface area is 151 Å². The fraction of sp³-hybridized carbons (Fsp3) is 0.529. The lowest BCUT2D eigenvalue weighted by atomic mass is 10.2. The van der Waals surface area contributed by atoms with Gasteiger partial charge in [-0.15, -0.1) is 0 Å². The number of carbonyl (C=O) groups excluding carboxylic acids is 1. The highest BCUT2D eigenvalue weighted by Gasteiger charge is 2.17. The van der Waals surface area contributed by atoms with Crippen LogP contribution in [0.5, 0.6) is 0 Å². The number of thioether (sulfide) groups is 1. The van der Waals surface area contributed by atoms with Gasteiger partial charge in [0.15, 0.2) is 0 Å². The minimum atomic E-state index is -0.310. The molecule has 1 aliphatic rings. The van der Waals surface area contributed by atoms with Crippen LogP contribution in [0.3, 0.4) is 0 Å². The highest BCUT2D eigenvalue weighted by atomic mass is 32.2. The summed E-state index contributed by atoms with van der Waals surface area (Å²) < 4.78 is 5.27. The molecule has 1 atom stereocenters. The second-order valence-corrected chi connectivity index (χ2v) is 7.19. The summed E-state index contributed by atoms with van der Waals surface area (Å²) >= 11 is 1.66. The molecular formula is C17H23N5O2S. The number of nitrogens with zero attached hydrogens (tertiary/aromatic N) is 4. The van der Waals surface area contributed by atoms with Crippen LogP contribution in [-0.4, -0.2) is 57.1 Å². The predicted octanol–water partition coefficient (Wildman–Crippen LogP) is 2.14. The van der Waals surface area contributed by atoms with Gasteiger partial charge in [-0.05, 0) is 45.0 Å². The van der Waals surface area contributed by atoms with Gasteiger partial charge in [0.25, 0.3) is 0 Å². The number of rotatable bonds is 8. The molecule has 0 spiro atoms. The molecule has 1 N–H and O–H groups in total. The van der Waals surface area contributed by atoms with Crippen molar-refractivity contribution in [2.45, 2.75) is 25.8 Å². The summed E-state index contributed by atoms with van der Waals surface area (Å²) in [4.78, 5) is 22.8. The zero-order valence-corrected chi connectivity index (χ0v) is 15.2. The Balaban J connectivity index is 1.41. The molecule has 25 heavy (non-hydrogen) atoms. The number of aromatic nitrogens is 3. The Kier molecular flexibility index (Phi) is 6.41. The van der Waals surface area contributed by atoms with Crippen molar-refractivity contribution in [3.63, 3.8) is 0 Å². The zero-order valence-electron chi connectivity index (χ0n) is 14.4. The minimum absolute atomic E-state index is 0.0115. The Bertz CT molecular complexity index is 673. The van der Waals surface area contributed by atoms with E-state index in [4.69, 9.17) is 4.52 Å². The number of likely N-dealkylation sites (tertiary alicyclic amines) is 1. The monoisotopic (exact) mass is 361 g/mol. The highest BCUT2D eigenvalue weighted by molar-refractivity contribution is 7.99. The van der Waals surface area contributed by atoms with E-state index in [1.807, 2.05) is 19.1 Å². The van der Waals surface area contributed by atoms with E-state index in [1.165, 1.54) is 25.9 Å². The predicted molar refractivity (Wildman–Crippen MR) is 97.1 cm³/mol. The summed E-state index contributed by atoms with van der Waals surface area (Å²) in [6.07, 6.45) is 5.95. The third-order valence-electron chi connectivity index (χ3n) is 4.11. The Morgan fingerprint density at radius 1 is 1.36 bits per heavy atom. The van der Waals surface area contributed by atoms with Crippen molar-refractivity contribution < 1.29 is 9.32 Å². The molecule has 1 saturated heterocycles. The van der Waals surface area contributed by atoms with Crippen LogP contribution in [0.25, 0.3) is 11.4 Å². The van der Waals surface area contributed by atoms with Gasteiger partial charge in [0.1, 0.15) is 6.04 Å². The molecular weight excluding hydrogens is 338 g/mol. The highest BCUT2D eigenvalue weighted by Crippen LogP contribution is 2.18. The maximum absolute atomic E-state index is 12.1. The van der Waals surface area contributed by atoms with Gasteiger partial charge >= 0.3 is 0 Å². The molecule has 1 amide bonds. The van der Waals surface area contributed by atoms with Gasteiger partial charge in [0.05, 0.1) is 5.75 Å². The van der Waals surface area contributed by atoms with Gasteiger partial charge in [0.2, 0.25) is 17.6 Å². The van der Waals surface area contributed by atoms with E-state index in [0.717, 1.165) is 17.9 Å². The van der Waals surface area contributed by atoms with Crippen molar-refractivity contribution in [2.75, 3.05) is 31.1 Å². The van der Waals surface area contributed by atoms with Gasteiger partial charge < -0.3 is 14.7 Å². The van der Waals surface area contributed by atoms with Crippen molar-refractivity contribution in [3.8, 4) is 11.4 Å². The van der Waals surface area contributed by atoms with E-state index in [1.54, 1.807) is 24.2 Å². The number of hydrogen-bond donors (Lipinski definition) is 1. The van der Waals surface area contributed by atoms with Crippen molar-refractivity contribution >= 4 is 17.7 Å². The first-order valence-electron chi connectivity index (χ1n) is 8.56. The second-order valence-electron chi connectivity index (χ2n) is 6.08. The number of carbonyl (C=O) groups is 1. The Hall–Kier alpha value is -1.93. The standard InChI is InChI=1S/C17H23N5O2S/c1-13(17-20-16(21-24-17)14-4-6-18-7-5-14)19-15(23)12-25-11-10-22-8-2-3-9-22/h4-7,13H,2-3,8-12H2,1H3,(H,19,23). The Morgan fingerprint density at radius 2 is 2.12 bits per heavy atom. The van der Waals surface area contributed by atoms with Crippen molar-refractivity contribution in [1.82, 2.24) is 25.3 Å². The summed E-state index contributed by atoms with van der Waals surface area (Å²) in [6, 6.07) is 3.32. The number of pyridine rings is 1. The summed E-state index contributed by atoms with van der Waals surface area (Å²) in [6.45, 7) is 5.30. The normalized spacial score (nSPS) is 16.0. The lowest BCUT2D eigenvalue weighted by Gasteiger charge is -2.14. The van der Waals surface area contributed by atoms with Gasteiger partial charge in [-0.3, -0.25) is 9.78 Å². The molecule has 0 aliphatic carbocycles. The zero-order chi connectivity index (χ0) is 17.5. The largest absolute Gasteiger partial charge is 0.344 e. The van der Waals surface area contributed by atoms with E-state index in [-0.39, 0.29) is 11.9 Å². The van der Waals surface area contributed by atoms with Crippen LogP contribution in [-0.2, 0) is 4.79 Å². The lowest BCUT2D eigenvalue weighted by molar-refractivity contribution is -0.119. The fourth-order valence-corrected chi connectivity index (χ4v) is 3.54. The molecule has 0 aromatic carbocycles. The van der Waals surface area contributed by atoms with Gasteiger partial charge in [0, 0.05) is 30.3 Å². The first kappa shape index (κ1) is 17.9. The number of nitrogens with one attached hydrogen (secondary N) is 1.